The zero-order chi connectivity index (χ0) is 26.9. The Labute approximate surface area is 209 Å². The van der Waals surface area contributed by atoms with Crippen molar-refractivity contribution < 1.29 is 31.9 Å². The molecule has 0 saturated heterocycles. The van der Waals surface area contributed by atoms with E-state index in [2.05, 4.69) is 25.8 Å². The molecule has 36 heavy (non-hydrogen) atoms. The van der Waals surface area contributed by atoms with Crippen LogP contribution in [0.15, 0.2) is 46.9 Å². The fourth-order valence-corrected chi connectivity index (χ4v) is 3.81. The van der Waals surface area contributed by atoms with E-state index < -0.39 is 36.2 Å². The largest absolute Gasteiger partial charge is 0.485 e. The lowest BCUT2D eigenvalue weighted by Crippen LogP contribution is -2.36. The van der Waals surface area contributed by atoms with Crippen molar-refractivity contribution in [1.82, 2.24) is 4.98 Å². The molecule has 8 heteroatoms. The molecule has 0 spiro atoms. The van der Waals surface area contributed by atoms with Crippen LogP contribution in [-0.4, -0.2) is 29.3 Å². The number of hydrogen-bond acceptors (Lipinski definition) is 5. The number of ether oxygens (including phenoxy) is 1. The van der Waals surface area contributed by atoms with Gasteiger partial charge in [0.05, 0.1) is 0 Å². The Morgan fingerprint density at radius 1 is 0.972 bits per heavy atom. The lowest BCUT2D eigenvalue weighted by molar-refractivity contribution is -0.174. The Hall–Kier alpha value is -3.16. The second-order valence-electron chi connectivity index (χ2n) is 10.3. The molecule has 0 saturated carbocycles. The first-order chi connectivity index (χ1) is 16.7. The lowest BCUT2D eigenvalue weighted by atomic mass is 9.76. The van der Waals surface area contributed by atoms with Crippen LogP contribution < -0.4 is 4.74 Å². The van der Waals surface area contributed by atoms with Gasteiger partial charge >= 0.3 is 6.18 Å². The fraction of sp³-hybridized carbons (Fsp3) is 0.464. The molecule has 0 N–H and O–H groups in total. The van der Waals surface area contributed by atoms with Crippen LogP contribution in [0, 0.1) is 0 Å². The summed E-state index contributed by atoms with van der Waals surface area (Å²) in [7, 11) is 0. The highest BCUT2D eigenvalue weighted by molar-refractivity contribution is 6.09. The molecule has 5 nitrogen and oxygen atoms in total. The topological polar surface area (TPSA) is 69.4 Å². The van der Waals surface area contributed by atoms with Crippen LogP contribution >= 0.6 is 0 Å². The number of aromatic nitrogens is 1. The molecule has 1 aromatic heterocycles. The minimum Gasteiger partial charge on any atom is -0.485 e. The van der Waals surface area contributed by atoms with Crippen molar-refractivity contribution in [2.75, 3.05) is 6.61 Å². The Balaban J connectivity index is 1.96. The van der Waals surface area contributed by atoms with Crippen LogP contribution in [0.4, 0.5) is 13.2 Å². The average molecular weight is 504 g/mol. The van der Waals surface area contributed by atoms with Gasteiger partial charge in [-0.1, -0.05) is 65.8 Å². The normalized spacial score (nSPS) is 13.6. The second-order valence-corrected chi connectivity index (χ2v) is 10.3. The number of alkyl halides is 3. The van der Waals surface area contributed by atoms with Crippen LogP contribution in [0.5, 0.6) is 5.75 Å². The highest BCUT2D eigenvalue weighted by atomic mass is 19.4. The molecule has 0 bridgehead atoms. The van der Waals surface area contributed by atoms with Gasteiger partial charge in [-0.3, -0.25) is 9.59 Å². The zero-order valence-corrected chi connectivity index (χ0v) is 21.5. The number of oxazole rings is 1. The van der Waals surface area contributed by atoms with Gasteiger partial charge in [0.2, 0.25) is 5.89 Å². The SMILES string of the molecule is CCC(C)(C)c1ccc(OCC(=O)C(C(=O)C(F)(F)F)c2nc3ccccc3o2)c(C(C)(C)CC)c1. The minimum atomic E-state index is -5.25. The number of Topliss-reactive ketones (excluding diaryl/α,β-unsaturated/α-hetero) is 2. The highest BCUT2D eigenvalue weighted by Crippen LogP contribution is 2.39. The molecule has 0 radical (unpaired) electrons. The predicted octanol–water partition coefficient (Wildman–Crippen LogP) is 7.07. The number of carbonyl (C=O) groups is 2. The van der Waals surface area contributed by atoms with E-state index in [1.165, 1.54) is 12.1 Å². The van der Waals surface area contributed by atoms with Crippen LogP contribution in [0.2, 0.25) is 0 Å². The molecule has 0 aliphatic carbocycles. The molecule has 2 aromatic carbocycles. The molecular weight excluding hydrogens is 471 g/mol. The molecule has 0 fully saturated rings. The van der Waals surface area contributed by atoms with Crippen molar-refractivity contribution >= 4 is 22.7 Å². The average Bonchev–Trinajstić information content (AvgIpc) is 3.25. The quantitative estimate of drug-likeness (QED) is 0.277. The second kappa shape index (κ2) is 10.1. The van der Waals surface area contributed by atoms with Gasteiger partial charge in [0.25, 0.3) is 5.78 Å². The molecule has 194 valence electrons. The van der Waals surface area contributed by atoms with Gasteiger partial charge in [0.15, 0.2) is 17.3 Å². The van der Waals surface area contributed by atoms with Gasteiger partial charge in [-0.2, -0.15) is 13.2 Å². The van der Waals surface area contributed by atoms with E-state index in [0.29, 0.717) is 5.75 Å². The smallest absolute Gasteiger partial charge is 0.451 e. The van der Waals surface area contributed by atoms with Gasteiger partial charge in [-0.15, -0.1) is 0 Å². The van der Waals surface area contributed by atoms with E-state index in [1.807, 2.05) is 32.9 Å². The summed E-state index contributed by atoms with van der Waals surface area (Å²) in [6.07, 6.45) is -3.57. The number of ketones is 2. The number of nitrogens with zero attached hydrogens (tertiary/aromatic N) is 1. The summed E-state index contributed by atoms with van der Waals surface area (Å²) >= 11 is 0. The van der Waals surface area contributed by atoms with E-state index in [4.69, 9.17) is 9.15 Å². The Morgan fingerprint density at radius 3 is 2.19 bits per heavy atom. The Bertz CT molecular complexity index is 1220. The van der Waals surface area contributed by atoms with Crippen molar-refractivity contribution in [2.45, 2.75) is 77.3 Å². The number of rotatable bonds is 10. The van der Waals surface area contributed by atoms with Gasteiger partial charge < -0.3 is 9.15 Å². The van der Waals surface area contributed by atoms with E-state index in [1.54, 1.807) is 18.2 Å². The molecule has 0 aliphatic rings. The van der Waals surface area contributed by atoms with Crippen molar-refractivity contribution in [3.8, 4) is 5.75 Å². The van der Waals surface area contributed by atoms with Crippen LogP contribution in [0.1, 0.15) is 77.3 Å². The minimum absolute atomic E-state index is 0.0931. The summed E-state index contributed by atoms with van der Waals surface area (Å²) < 4.78 is 51.4. The van der Waals surface area contributed by atoms with Crippen LogP contribution in [0.25, 0.3) is 11.1 Å². The van der Waals surface area contributed by atoms with E-state index in [0.717, 1.165) is 24.0 Å². The third kappa shape index (κ3) is 5.63. The first-order valence-electron chi connectivity index (χ1n) is 12.0. The van der Waals surface area contributed by atoms with Crippen molar-refractivity contribution in [1.29, 1.82) is 0 Å². The Kier molecular flexibility index (Phi) is 7.67. The molecular formula is C28H32F3NO4. The summed E-state index contributed by atoms with van der Waals surface area (Å²) in [5.74, 6) is -5.78. The maximum Gasteiger partial charge on any atom is 0.451 e. The maximum absolute atomic E-state index is 13.4. The number of hydrogen-bond donors (Lipinski definition) is 0. The summed E-state index contributed by atoms with van der Waals surface area (Å²) in [5, 5.41) is 0. The standard InChI is InChI=1S/C28H32F3NO4/c1-7-26(3,4)17-13-14-21(18(15-17)27(5,6)8-2)35-16-20(33)23(24(34)28(29,30)31)25-32-19-11-9-10-12-22(19)36-25/h9-15,23H,7-8,16H2,1-6H3. The molecule has 3 aromatic rings. The Morgan fingerprint density at radius 2 is 1.61 bits per heavy atom. The summed E-state index contributed by atoms with van der Waals surface area (Å²) in [5.41, 5.74) is 1.96. The molecule has 3 rings (SSSR count). The molecule has 0 aliphatic heterocycles. The molecule has 0 amide bonds. The first-order valence-corrected chi connectivity index (χ1v) is 12.0. The van der Waals surface area contributed by atoms with Crippen LogP contribution in [0.3, 0.4) is 0 Å². The van der Waals surface area contributed by atoms with E-state index >= 15 is 0 Å². The summed E-state index contributed by atoms with van der Waals surface area (Å²) in [6, 6.07) is 11.9. The maximum atomic E-state index is 13.4. The van der Waals surface area contributed by atoms with Gasteiger partial charge in [-0.25, -0.2) is 4.98 Å². The zero-order valence-electron chi connectivity index (χ0n) is 21.5. The number of para-hydroxylation sites is 2. The van der Waals surface area contributed by atoms with Crippen molar-refractivity contribution in [3.05, 3.63) is 59.5 Å². The van der Waals surface area contributed by atoms with Crippen molar-refractivity contribution in [2.24, 2.45) is 0 Å². The van der Waals surface area contributed by atoms with Gasteiger partial charge in [0.1, 0.15) is 17.9 Å². The van der Waals surface area contributed by atoms with Crippen LogP contribution in [-0.2, 0) is 20.4 Å². The highest BCUT2D eigenvalue weighted by Gasteiger charge is 2.49. The number of fused-ring (bicyclic) bond motifs is 1. The monoisotopic (exact) mass is 503 g/mol. The van der Waals surface area contributed by atoms with Gasteiger partial charge in [0, 0.05) is 5.56 Å². The fourth-order valence-electron chi connectivity index (χ4n) is 3.81. The molecule has 1 atom stereocenters. The third-order valence-corrected chi connectivity index (χ3v) is 7.05. The van der Waals surface area contributed by atoms with E-state index in [9.17, 15) is 22.8 Å². The number of benzene rings is 2. The molecule has 1 heterocycles. The number of halogens is 3. The third-order valence-electron chi connectivity index (χ3n) is 7.05. The van der Waals surface area contributed by atoms with Crippen molar-refractivity contribution in [3.63, 3.8) is 0 Å². The first kappa shape index (κ1) is 27.4. The van der Waals surface area contributed by atoms with E-state index in [-0.39, 0.29) is 21.9 Å². The summed E-state index contributed by atoms with van der Waals surface area (Å²) in [6.45, 7) is 11.7. The predicted molar refractivity (Wildman–Crippen MR) is 131 cm³/mol. The molecule has 1 unspecified atom stereocenters. The summed E-state index contributed by atoms with van der Waals surface area (Å²) in [4.78, 5) is 29.3. The van der Waals surface area contributed by atoms with Gasteiger partial charge in [-0.05, 0) is 47.4 Å². The number of carbonyl (C=O) groups excluding carboxylic acids is 2. The lowest BCUT2D eigenvalue weighted by Gasteiger charge is -2.30.